The maximum absolute atomic E-state index is 12.3. The van der Waals surface area contributed by atoms with Crippen LogP contribution >= 0.6 is 0 Å². The van der Waals surface area contributed by atoms with Crippen LogP contribution in [0, 0.1) is 5.41 Å². The molecule has 0 radical (unpaired) electrons. The van der Waals surface area contributed by atoms with Gasteiger partial charge in [0.15, 0.2) is 0 Å². The van der Waals surface area contributed by atoms with Crippen molar-refractivity contribution in [2.45, 2.75) is 58.9 Å². The molecule has 25 heavy (non-hydrogen) atoms. The lowest BCUT2D eigenvalue weighted by Crippen LogP contribution is -2.54. The maximum Gasteiger partial charge on any atom is 0.321 e. The van der Waals surface area contributed by atoms with E-state index in [9.17, 15) is 14.4 Å². The van der Waals surface area contributed by atoms with Gasteiger partial charge in [0.05, 0.1) is 6.54 Å². The van der Waals surface area contributed by atoms with Crippen molar-refractivity contribution >= 4 is 17.8 Å². The first-order valence-electron chi connectivity index (χ1n) is 9.38. The largest absolute Gasteiger partial charge is 0.340 e. The minimum Gasteiger partial charge on any atom is -0.340 e. The number of hydrogen-bond donors (Lipinski definition) is 2. The second kappa shape index (κ2) is 8.65. The first kappa shape index (κ1) is 19.7. The van der Waals surface area contributed by atoms with E-state index in [2.05, 4.69) is 10.6 Å². The summed E-state index contributed by atoms with van der Waals surface area (Å²) in [4.78, 5) is 40.0. The monoisotopic (exact) mass is 352 g/mol. The Bertz CT molecular complexity index is 487. The van der Waals surface area contributed by atoms with Crippen LogP contribution in [0.25, 0.3) is 0 Å². The van der Waals surface area contributed by atoms with Gasteiger partial charge in [-0.25, -0.2) is 4.79 Å². The number of nitrogens with one attached hydrogen (secondary N) is 2. The summed E-state index contributed by atoms with van der Waals surface area (Å²) in [5, 5.41) is 5.30. The van der Waals surface area contributed by atoms with Gasteiger partial charge in [-0.2, -0.15) is 0 Å². The fourth-order valence-corrected chi connectivity index (χ4v) is 3.42. The van der Waals surface area contributed by atoms with Gasteiger partial charge in [-0.15, -0.1) is 0 Å². The van der Waals surface area contributed by atoms with Crippen molar-refractivity contribution in [2.24, 2.45) is 5.41 Å². The van der Waals surface area contributed by atoms with E-state index < -0.39 is 6.03 Å². The molecule has 0 aromatic rings. The zero-order chi connectivity index (χ0) is 18.4. The molecule has 4 amide bonds. The van der Waals surface area contributed by atoms with Gasteiger partial charge < -0.3 is 10.2 Å². The summed E-state index contributed by atoms with van der Waals surface area (Å²) in [5.41, 5.74) is -0.378. The minimum atomic E-state index is -0.390. The summed E-state index contributed by atoms with van der Waals surface area (Å²) in [5.74, 6) is -0.146. The van der Waals surface area contributed by atoms with Gasteiger partial charge in [0, 0.05) is 37.6 Å². The number of urea groups is 1. The van der Waals surface area contributed by atoms with Crippen LogP contribution in [0.3, 0.4) is 0 Å². The molecule has 7 heteroatoms. The summed E-state index contributed by atoms with van der Waals surface area (Å²) in [6, 6.07) is -0.202. The highest BCUT2D eigenvalue weighted by atomic mass is 16.2. The fraction of sp³-hybridized carbons (Fsp3) is 0.833. The van der Waals surface area contributed by atoms with Gasteiger partial charge in [-0.3, -0.25) is 19.8 Å². The molecule has 1 heterocycles. The Kier molecular flexibility index (Phi) is 6.81. The summed E-state index contributed by atoms with van der Waals surface area (Å²) in [6.07, 6.45) is 5.48. The van der Waals surface area contributed by atoms with Crippen molar-refractivity contribution in [2.75, 3.05) is 32.7 Å². The molecular weight excluding hydrogens is 320 g/mol. The fourth-order valence-electron chi connectivity index (χ4n) is 3.42. The second-order valence-corrected chi connectivity index (χ2v) is 8.17. The molecule has 1 aliphatic carbocycles. The zero-order valence-corrected chi connectivity index (χ0v) is 15.8. The molecule has 142 valence electrons. The van der Waals surface area contributed by atoms with Crippen molar-refractivity contribution in [3.8, 4) is 0 Å². The Hall–Kier alpha value is -1.63. The van der Waals surface area contributed by atoms with Gasteiger partial charge in [-0.1, -0.05) is 40.0 Å². The standard InChI is InChI=1S/C18H32N4O3/c1-18(2,3)16(24)22-11-9-21(10-12-22)13-15(23)20-17(25)19-14-7-5-4-6-8-14/h14H,4-13H2,1-3H3,(H2,19,20,23,25). The Morgan fingerprint density at radius 3 is 2.12 bits per heavy atom. The number of nitrogens with zero attached hydrogens (tertiary/aromatic N) is 2. The molecule has 0 unspecified atom stereocenters. The zero-order valence-electron chi connectivity index (χ0n) is 15.8. The van der Waals surface area contributed by atoms with Crippen molar-refractivity contribution in [1.29, 1.82) is 0 Å². The van der Waals surface area contributed by atoms with Crippen LogP contribution in [0.15, 0.2) is 0 Å². The van der Waals surface area contributed by atoms with E-state index >= 15 is 0 Å². The van der Waals surface area contributed by atoms with Crippen LogP contribution in [0.4, 0.5) is 4.79 Å². The smallest absolute Gasteiger partial charge is 0.321 e. The summed E-state index contributed by atoms with van der Waals surface area (Å²) >= 11 is 0. The molecule has 2 aliphatic rings. The molecule has 1 saturated carbocycles. The number of hydrogen-bond acceptors (Lipinski definition) is 4. The van der Waals surface area contributed by atoms with Crippen LogP contribution in [0.2, 0.25) is 0 Å². The van der Waals surface area contributed by atoms with Crippen molar-refractivity contribution in [3.05, 3.63) is 0 Å². The van der Waals surface area contributed by atoms with Crippen molar-refractivity contribution < 1.29 is 14.4 Å². The lowest BCUT2D eigenvalue weighted by Gasteiger charge is -2.37. The molecule has 2 rings (SSSR count). The Morgan fingerprint density at radius 2 is 1.56 bits per heavy atom. The molecule has 2 N–H and O–H groups in total. The topological polar surface area (TPSA) is 81.8 Å². The van der Waals surface area contributed by atoms with Crippen LogP contribution < -0.4 is 10.6 Å². The molecule has 7 nitrogen and oxygen atoms in total. The molecule has 1 saturated heterocycles. The Morgan fingerprint density at radius 1 is 0.960 bits per heavy atom. The molecule has 0 spiro atoms. The number of carbonyl (C=O) groups is 3. The molecule has 0 atom stereocenters. The minimum absolute atomic E-state index is 0.142. The number of imide groups is 1. The second-order valence-electron chi connectivity index (χ2n) is 8.17. The highest BCUT2D eigenvalue weighted by molar-refractivity contribution is 5.95. The van der Waals surface area contributed by atoms with E-state index in [1.807, 2.05) is 30.6 Å². The number of piperazine rings is 1. The average molecular weight is 352 g/mol. The third kappa shape index (κ3) is 6.30. The third-order valence-corrected chi connectivity index (χ3v) is 4.86. The van der Waals surface area contributed by atoms with E-state index in [-0.39, 0.29) is 29.8 Å². The lowest BCUT2D eigenvalue weighted by molar-refractivity contribution is -0.141. The number of carbonyl (C=O) groups excluding carboxylic acids is 3. The van der Waals surface area contributed by atoms with E-state index in [1.165, 1.54) is 6.42 Å². The molecule has 0 aromatic heterocycles. The summed E-state index contributed by atoms with van der Waals surface area (Å²) in [7, 11) is 0. The first-order valence-corrected chi connectivity index (χ1v) is 9.38. The quantitative estimate of drug-likeness (QED) is 0.803. The van der Waals surface area contributed by atoms with Crippen LogP contribution in [-0.2, 0) is 9.59 Å². The summed E-state index contributed by atoms with van der Waals surface area (Å²) < 4.78 is 0. The van der Waals surface area contributed by atoms with Crippen LogP contribution in [-0.4, -0.2) is 66.4 Å². The molecule has 0 bridgehead atoms. The normalized spacial score (nSPS) is 20.2. The highest BCUT2D eigenvalue weighted by Crippen LogP contribution is 2.19. The summed E-state index contributed by atoms with van der Waals surface area (Å²) in [6.45, 7) is 8.49. The van der Waals surface area contributed by atoms with Gasteiger partial charge in [-0.05, 0) is 12.8 Å². The van der Waals surface area contributed by atoms with Crippen molar-refractivity contribution in [1.82, 2.24) is 20.4 Å². The van der Waals surface area contributed by atoms with E-state index in [4.69, 9.17) is 0 Å². The lowest BCUT2D eigenvalue weighted by atomic mass is 9.94. The number of amides is 4. The van der Waals surface area contributed by atoms with Gasteiger partial charge in [0.1, 0.15) is 0 Å². The number of rotatable bonds is 3. The molecule has 1 aliphatic heterocycles. The van der Waals surface area contributed by atoms with Crippen LogP contribution in [0.5, 0.6) is 0 Å². The van der Waals surface area contributed by atoms with Crippen LogP contribution in [0.1, 0.15) is 52.9 Å². The predicted molar refractivity (Wildman–Crippen MR) is 96.0 cm³/mol. The average Bonchev–Trinajstić information content (AvgIpc) is 2.54. The Labute approximate surface area is 150 Å². The van der Waals surface area contributed by atoms with E-state index in [0.29, 0.717) is 26.2 Å². The van der Waals surface area contributed by atoms with Gasteiger partial charge >= 0.3 is 6.03 Å². The SMILES string of the molecule is CC(C)(C)C(=O)N1CCN(CC(=O)NC(=O)NC2CCCCC2)CC1. The first-order chi connectivity index (χ1) is 11.8. The Balaban J connectivity index is 1.68. The van der Waals surface area contributed by atoms with Gasteiger partial charge in [0.25, 0.3) is 0 Å². The predicted octanol–water partition coefficient (Wildman–Crippen LogP) is 1.34. The van der Waals surface area contributed by atoms with Crippen molar-refractivity contribution in [3.63, 3.8) is 0 Å². The van der Waals surface area contributed by atoms with E-state index in [0.717, 1.165) is 25.7 Å². The highest BCUT2D eigenvalue weighted by Gasteiger charge is 2.30. The molecule has 2 fully saturated rings. The van der Waals surface area contributed by atoms with Gasteiger partial charge in [0.2, 0.25) is 11.8 Å². The van der Waals surface area contributed by atoms with E-state index in [1.54, 1.807) is 0 Å². The maximum atomic E-state index is 12.3. The third-order valence-electron chi connectivity index (χ3n) is 4.86. The molecular formula is C18H32N4O3. The molecule has 0 aromatic carbocycles.